The first kappa shape index (κ1) is 19.3. The molecule has 0 saturated carbocycles. The molecule has 3 aromatic carbocycles. The van der Waals surface area contributed by atoms with E-state index in [1.54, 1.807) is 48.5 Å². The van der Waals surface area contributed by atoms with E-state index >= 15 is 0 Å². The molecule has 0 bridgehead atoms. The molecule has 0 fully saturated rings. The molecule has 1 unspecified atom stereocenters. The van der Waals surface area contributed by atoms with Gasteiger partial charge < -0.3 is 10.1 Å². The lowest BCUT2D eigenvalue weighted by Gasteiger charge is -2.34. The molecule has 1 aliphatic rings. The van der Waals surface area contributed by atoms with Gasteiger partial charge in [0, 0.05) is 10.7 Å². The number of nitrogens with one attached hydrogen (secondary N) is 1. The number of hydrogen-bond donors (Lipinski definition) is 1. The topological polar surface area (TPSA) is 75.7 Å². The second-order valence-electron chi connectivity index (χ2n) is 6.42. The number of rotatable bonds is 4. The summed E-state index contributed by atoms with van der Waals surface area (Å²) in [7, 11) is -3.92. The summed E-state index contributed by atoms with van der Waals surface area (Å²) < 4.78 is 33.6. The van der Waals surface area contributed by atoms with Gasteiger partial charge in [-0.25, -0.2) is 8.42 Å². The highest BCUT2D eigenvalue weighted by atomic mass is 35.5. The number of benzene rings is 3. The van der Waals surface area contributed by atoms with E-state index in [0.717, 1.165) is 0 Å². The van der Waals surface area contributed by atoms with Gasteiger partial charge in [0.1, 0.15) is 5.75 Å². The largest absolute Gasteiger partial charge is 0.476 e. The normalized spacial score (nSPS) is 15.9. The quantitative estimate of drug-likeness (QED) is 0.683. The minimum absolute atomic E-state index is 0.0841. The Bertz CT molecular complexity index is 1130. The summed E-state index contributed by atoms with van der Waals surface area (Å²) in [6, 6.07) is 21.6. The molecule has 4 rings (SSSR count). The van der Waals surface area contributed by atoms with Gasteiger partial charge in [-0.1, -0.05) is 41.9 Å². The number of halogens is 1. The van der Waals surface area contributed by atoms with Gasteiger partial charge in [0.25, 0.3) is 15.9 Å². The number of carbonyl (C=O) groups excluding carboxylic acids is 1. The highest BCUT2D eigenvalue weighted by Crippen LogP contribution is 2.37. The Kier molecular flexibility index (Phi) is 5.17. The summed E-state index contributed by atoms with van der Waals surface area (Å²) in [5.74, 6) is -0.105. The van der Waals surface area contributed by atoms with Crippen molar-refractivity contribution >= 4 is 38.9 Å². The van der Waals surface area contributed by atoms with Crippen molar-refractivity contribution in [1.82, 2.24) is 0 Å². The molecular formula is C21H17ClN2O4S. The molecule has 1 aliphatic heterocycles. The molecule has 3 aromatic rings. The van der Waals surface area contributed by atoms with Crippen molar-refractivity contribution in [1.29, 1.82) is 0 Å². The summed E-state index contributed by atoms with van der Waals surface area (Å²) in [4.78, 5) is 12.8. The average molecular weight is 429 g/mol. The van der Waals surface area contributed by atoms with E-state index in [1.165, 1.54) is 28.6 Å². The van der Waals surface area contributed by atoms with Crippen molar-refractivity contribution in [3.63, 3.8) is 0 Å². The minimum atomic E-state index is -3.92. The Hall–Kier alpha value is -3.03. The van der Waals surface area contributed by atoms with Crippen LogP contribution in [0.5, 0.6) is 5.75 Å². The molecule has 0 saturated heterocycles. The number of ether oxygens (including phenoxy) is 1. The molecular weight excluding hydrogens is 412 g/mol. The lowest BCUT2D eigenvalue weighted by Crippen LogP contribution is -2.48. The lowest BCUT2D eigenvalue weighted by molar-refractivity contribution is -0.122. The number of sulfonamides is 1. The van der Waals surface area contributed by atoms with E-state index in [-0.39, 0.29) is 11.4 Å². The summed E-state index contributed by atoms with van der Waals surface area (Å²) in [6.45, 7) is -0.152. The monoisotopic (exact) mass is 428 g/mol. The zero-order valence-electron chi connectivity index (χ0n) is 15.2. The highest BCUT2D eigenvalue weighted by molar-refractivity contribution is 7.92. The third kappa shape index (κ3) is 3.92. The number of fused-ring (bicyclic) bond motifs is 1. The number of hydrogen-bond acceptors (Lipinski definition) is 4. The molecule has 8 heteroatoms. The van der Waals surface area contributed by atoms with E-state index < -0.39 is 22.0 Å². The van der Waals surface area contributed by atoms with Crippen molar-refractivity contribution in [2.45, 2.75) is 11.0 Å². The highest BCUT2D eigenvalue weighted by Gasteiger charge is 2.37. The molecule has 148 valence electrons. The maximum Gasteiger partial charge on any atom is 0.267 e. The molecule has 6 nitrogen and oxygen atoms in total. The molecule has 0 radical (unpaired) electrons. The maximum atomic E-state index is 13.3. The molecule has 1 amide bonds. The number of anilines is 2. The summed E-state index contributed by atoms with van der Waals surface area (Å²) in [6.07, 6.45) is -1.01. The predicted molar refractivity (Wildman–Crippen MR) is 112 cm³/mol. The molecule has 0 aliphatic carbocycles. The molecule has 1 heterocycles. The predicted octanol–water partition coefficient (Wildman–Crippen LogP) is 3.94. The first-order valence-corrected chi connectivity index (χ1v) is 10.7. The van der Waals surface area contributed by atoms with Gasteiger partial charge in [0.2, 0.25) is 0 Å². The zero-order valence-corrected chi connectivity index (χ0v) is 16.7. The van der Waals surface area contributed by atoms with Gasteiger partial charge in [0.05, 0.1) is 17.1 Å². The summed E-state index contributed by atoms with van der Waals surface area (Å²) >= 11 is 5.89. The smallest absolute Gasteiger partial charge is 0.267 e. The standard InChI is InChI=1S/C21H17ClN2O4S/c22-15-10-12-17(13-11-15)29(26,27)24-14-20(28-19-9-5-4-8-18(19)24)21(25)23-16-6-2-1-3-7-16/h1-13,20H,14H2,(H,23,25). The van der Waals surface area contributed by atoms with Gasteiger partial charge in [-0.3, -0.25) is 9.10 Å². The van der Waals surface area contributed by atoms with Crippen LogP contribution in [0.25, 0.3) is 0 Å². The van der Waals surface area contributed by atoms with Crippen LogP contribution in [0.3, 0.4) is 0 Å². The van der Waals surface area contributed by atoms with Gasteiger partial charge in [-0.2, -0.15) is 0 Å². The fourth-order valence-electron chi connectivity index (χ4n) is 3.04. The first-order valence-electron chi connectivity index (χ1n) is 8.85. The van der Waals surface area contributed by atoms with Crippen LogP contribution in [-0.2, 0) is 14.8 Å². The number of para-hydroxylation sites is 3. The van der Waals surface area contributed by atoms with Gasteiger partial charge >= 0.3 is 0 Å². The van der Waals surface area contributed by atoms with E-state index in [0.29, 0.717) is 22.1 Å². The van der Waals surface area contributed by atoms with Crippen LogP contribution in [0, 0.1) is 0 Å². The molecule has 1 atom stereocenters. The Morgan fingerprint density at radius 2 is 1.62 bits per heavy atom. The van der Waals surface area contributed by atoms with Gasteiger partial charge in [0.15, 0.2) is 6.10 Å². The fraction of sp³-hybridized carbons (Fsp3) is 0.0952. The van der Waals surface area contributed by atoms with Gasteiger partial charge in [-0.15, -0.1) is 0 Å². The average Bonchev–Trinajstić information content (AvgIpc) is 2.74. The fourth-order valence-corrected chi connectivity index (χ4v) is 4.65. The van der Waals surface area contributed by atoms with Crippen molar-refractivity contribution in [2.75, 3.05) is 16.2 Å². The number of nitrogens with zero attached hydrogens (tertiary/aromatic N) is 1. The van der Waals surface area contributed by atoms with E-state index in [2.05, 4.69) is 5.32 Å². The van der Waals surface area contributed by atoms with E-state index in [1.807, 2.05) is 6.07 Å². The second-order valence-corrected chi connectivity index (χ2v) is 8.72. The third-order valence-electron chi connectivity index (χ3n) is 4.47. The van der Waals surface area contributed by atoms with E-state index in [9.17, 15) is 13.2 Å². The SMILES string of the molecule is O=C(Nc1ccccc1)C1CN(S(=O)(=O)c2ccc(Cl)cc2)c2ccccc2O1. The molecule has 0 spiro atoms. The summed E-state index contributed by atoms with van der Waals surface area (Å²) in [5, 5.41) is 3.20. The van der Waals surface area contributed by atoms with E-state index in [4.69, 9.17) is 16.3 Å². The summed E-state index contributed by atoms with van der Waals surface area (Å²) in [5.41, 5.74) is 0.985. The van der Waals surface area contributed by atoms with Crippen molar-refractivity contribution in [3.8, 4) is 5.75 Å². The third-order valence-corrected chi connectivity index (χ3v) is 6.52. The van der Waals surface area contributed by atoms with Crippen LogP contribution in [0.4, 0.5) is 11.4 Å². The van der Waals surface area contributed by atoms with Gasteiger partial charge in [-0.05, 0) is 48.5 Å². The Morgan fingerprint density at radius 3 is 2.34 bits per heavy atom. The lowest BCUT2D eigenvalue weighted by atomic mass is 10.2. The minimum Gasteiger partial charge on any atom is -0.476 e. The van der Waals surface area contributed by atoms with Crippen LogP contribution >= 0.6 is 11.6 Å². The van der Waals surface area contributed by atoms with Crippen molar-refractivity contribution in [2.24, 2.45) is 0 Å². The molecule has 1 N–H and O–H groups in total. The molecule has 29 heavy (non-hydrogen) atoms. The van der Waals surface area contributed by atoms with Crippen LogP contribution in [0.1, 0.15) is 0 Å². The Labute approximate surface area is 173 Å². The van der Waals surface area contributed by atoms with Crippen LogP contribution in [0.15, 0.2) is 83.8 Å². The first-order chi connectivity index (χ1) is 13.9. The number of amides is 1. The van der Waals surface area contributed by atoms with Crippen LogP contribution in [-0.4, -0.2) is 27.0 Å². The van der Waals surface area contributed by atoms with Crippen molar-refractivity contribution < 1.29 is 17.9 Å². The zero-order chi connectivity index (χ0) is 20.4. The maximum absolute atomic E-state index is 13.3. The molecule has 0 aromatic heterocycles. The van der Waals surface area contributed by atoms with Crippen LogP contribution in [0.2, 0.25) is 5.02 Å². The van der Waals surface area contributed by atoms with Crippen molar-refractivity contribution in [3.05, 3.63) is 83.9 Å². The number of carbonyl (C=O) groups is 1. The Balaban J connectivity index is 1.68. The van der Waals surface area contributed by atoms with Crippen LogP contribution < -0.4 is 14.4 Å². The Morgan fingerprint density at radius 1 is 0.966 bits per heavy atom. The second kappa shape index (κ2) is 7.77.